The summed E-state index contributed by atoms with van der Waals surface area (Å²) < 4.78 is 11.5. The van der Waals surface area contributed by atoms with Crippen molar-refractivity contribution in [1.82, 2.24) is 10.1 Å². The van der Waals surface area contributed by atoms with Crippen LogP contribution in [0.15, 0.2) is 44.0 Å². The van der Waals surface area contributed by atoms with Crippen molar-refractivity contribution < 1.29 is 14.1 Å². The normalized spacial score (nSPS) is 10.5. The number of rotatable bonds is 5. The Morgan fingerprint density at radius 1 is 1.38 bits per heavy atom. The number of nitrogens with zero attached hydrogens (tertiary/aromatic N) is 2. The van der Waals surface area contributed by atoms with E-state index in [0.29, 0.717) is 23.0 Å². The van der Waals surface area contributed by atoms with Gasteiger partial charge in [-0.25, -0.2) is 0 Å². The predicted molar refractivity (Wildman–Crippen MR) is 81.5 cm³/mol. The van der Waals surface area contributed by atoms with Crippen molar-refractivity contribution in [2.75, 3.05) is 0 Å². The van der Waals surface area contributed by atoms with E-state index in [1.54, 1.807) is 29.5 Å². The van der Waals surface area contributed by atoms with E-state index in [9.17, 15) is 4.79 Å². The summed E-state index contributed by atoms with van der Waals surface area (Å²) >= 11 is 4.86. The van der Waals surface area contributed by atoms with Crippen LogP contribution in [0.25, 0.3) is 11.5 Å². The third-order valence-corrected chi connectivity index (χ3v) is 3.87. The molecule has 0 aliphatic heterocycles. The van der Waals surface area contributed by atoms with Crippen LogP contribution in [0, 0.1) is 0 Å². The first-order valence-corrected chi connectivity index (χ1v) is 7.72. The van der Waals surface area contributed by atoms with Crippen LogP contribution in [0.5, 0.6) is 5.75 Å². The number of aldehydes is 1. The van der Waals surface area contributed by atoms with E-state index < -0.39 is 0 Å². The molecule has 21 heavy (non-hydrogen) atoms. The zero-order valence-corrected chi connectivity index (χ0v) is 13.1. The van der Waals surface area contributed by atoms with E-state index in [0.717, 1.165) is 16.3 Å². The van der Waals surface area contributed by atoms with Crippen LogP contribution in [0.2, 0.25) is 0 Å². The van der Waals surface area contributed by atoms with Crippen LogP contribution < -0.4 is 4.74 Å². The standard InChI is InChI=1S/C14H9BrN2O3S/c15-11-1-2-12(10(5-11)6-18)19-7-13-16-14(20-17-13)9-3-4-21-8-9/h1-6,8H,7H2. The second-order valence-corrected chi connectivity index (χ2v) is 5.81. The van der Waals surface area contributed by atoms with Gasteiger partial charge in [0.2, 0.25) is 5.82 Å². The Kier molecular flexibility index (Phi) is 4.12. The molecule has 0 radical (unpaired) electrons. The first kappa shape index (κ1) is 14.0. The molecule has 0 spiro atoms. The van der Waals surface area contributed by atoms with Gasteiger partial charge in [-0.15, -0.1) is 0 Å². The summed E-state index contributed by atoms with van der Waals surface area (Å²) in [7, 11) is 0. The molecule has 3 rings (SSSR count). The monoisotopic (exact) mass is 364 g/mol. The third-order valence-electron chi connectivity index (χ3n) is 2.69. The number of thiophene rings is 1. The maximum absolute atomic E-state index is 11.0. The molecule has 0 N–H and O–H groups in total. The number of hydrogen-bond acceptors (Lipinski definition) is 6. The SMILES string of the molecule is O=Cc1cc(Br)ccc1OCc1noc(-c2ccsc2)n1. The fourth-order valence-electron chi connectivity index (χ4n) is 1.70. The van der Waals surface area contributed by atoms with Gasteiger partial charge in [0.05, 0.1) is 11.1 Å². The largest absolute Gasteiger partial charge is 0.485 e. The molecule has 7 heteroatoms. The second-order valence-electron chi connectivity index (χ2n) is 4.12. The van der Waals surface area contributed by atoms with Gasteiger partial charge in [-0.1, -0.05) is 21.1 Å². The van der Waals surface area contributed by atoms with Gasteiger partial charge in [0.1, 0.15) is 5.75 Å². The average Bonchev–Trinajstić information content (AvgIpc) is 3.16. The lowest BCUT2D eigenvalue weighted by Crippen LogP contribution is -2.00. The third kappa shape index (κ3) is 3.20. The van der Waals surface area contributed by atoms with E-state index in [-0.39, 0.29) is 6.61 Å². The second kappa shape index (κ2) is 6.19. The quantitative estimate of drug-likeness (QED) is 0.641. The molecule has 3 aromatic rings. The molecule has 2 heterocycles. The van der Waals surface area contributed by atoms with Gasteiger partial charge in [-0.3, -0.25) is 4.79 Å². The number of halogens is 1. The number of carbonyl (C=O) groups excluding carboxylic acids is 1. The summed E-state index contributed by atoms with van der Waals surface area (Å²) in [6.45, 7) is 0.135. The van der Waals surface area contributed by atoms with Crippen molar-refractivity contribution in [2.24, 2.45) is 0 Å². The van der Waals surface area contributed by atoms with Crippen LogP contribution in [0.4, 0.5) is 0 Å². The van der Waals surface area contributed by atoms with E-state index in [1.807, 2.05) is 16.8 Å². The van der Waals surface area contributed by atoms with Crippen LogP contribution in [-0.4, -0.2) is 16.4 Å². The maximum Gasteiger partial charge on any atom is 0.258 e. The Labute approximate surface area is 132 Å². The number of ether oxygens (including phenoxy) is 1. The van der Waals surface area contributed by atoms with Crippen molar-refractivity contribution in [1.29, 1.82) is 0 Å². The van der Waals surface area contributed by atoms with Crippen molar-refractivity contribution >= 4 is 33.6 Å². The molecule has 0 aliphatic rings. The molecule has 0 bridgehead atoms. The van der Waals surface area contributed by atoms with Gasteiger partial charge in [0.25, 0.3) is 5.89 Å². The van der Waals surface area contributed by atoms with Gasteiger partial charge >= 0.3 is 0 Å². The summed E-state index contributed by atoms with van der Waals surface area (Å²) in [5.74, 6) is 1.37. The minimum atomic E-state index is 0.135. The first-order chi connectivity index (χ1) is 10.3. The van der Waals surface area contributed by atoms with Gasteiger partial charge in [-0.05, 0) is 29.6 Å². The summed E-state index contributed by atoms with van der Waals surface area (Å²) in [4.78, 5) is 15.2. The van der Waals surface area contributed by atoms with Crippen LogP contribution in [-0.2, 0) is 6.61 Å². The Morgan fingerprint density at radius 3 is 3.05 bits per heavy atom. The zero-order valence-electron chi connectivity index (χ0n) is 10.7. The molecule has 0 saturated carbocycles. The zero-order chi connectivity index (χ0) is 14.7. The van der Waals surface area contributed by atoms with Crippen LogP contribution in [0.1, 0.15) is 16.2 Å². The highest BCUT2D eigenvalue weighted by atomic mass is 79.9. The molecule has 0 unspecified atom stereocenters. The summed E-state index contributed by atoms with van der Waals surface area (Å²) in [6, 6.07) is 7.11. The molecule has 106 valence electrons. The fraction of sp³-hybridized carbons (Fsp3) is 0.0714. The minimum Gasteiger partial charge on any atom is -0.485 e. The Hall–Kier alpha value is -1.99. The van der Waals surface area contributed by atoms with Crippen LogP contribution >= 0.6 is 27.3 Å². The Balaban J connectivity index is 1.72. The molecule has 2 aromatic heterocycles. The molecular formula is C14H9BrN2O3S. The van der Waals surface area contributed by atoms with Crippen molar-refractivity contribution in [2.45, 2.75) is 6.61 Å². The lowest BCUT2D eigenvalue weighted by molar-refractivity contribution is 0.111. The number of hydrogen-bond donors (Lipinski definition) is 0. The molecular weight excluding hydrogens is 356 g/mol. The maximum atomic E-state index is 11.0. The Morgan fingerprint density at radius 2 is 2.29 bits per heavy atom. The number of carbonyl (C=O) groups is 1. The van der Waals surface area contributed by atoms with Gasteiger partial charge in [-0.2, -0.15) is 16.3 Å². The Bertz CT molecular complexity index is 755. The molecule has 0 saturated heterocycles. The van der Waals surface area contributed by atoms with E-state index >= 15 is 0 Å². The highest BCUT2D eigenvalue weighted by Gasteiger charge is 2.11. The lowest BCUT2D eigenvalue weighted by atomic mass is 10.2. The highest BCUT2D eigenvalue weighted by Crippen LogP contribution is 2.23. The lowest BCUT2D eigenvalue weighted by Gasteiger charge is -2.06. The highest BCUT2D eigenvalue weighted by molar-refractivity contribution is 9.10. The van der Waals surface area contributed by atoms with Crippen molar-refractivity contribution in [3.05, 3.63) is 50.9 Å². The van der Waals surface area contributed by atoms with Crippen molar-refractivity contribution in [3.63, 3.8) is 0 Å². The van der Waals surface area contributed by atoms with Gasteiger partial charge in [0.15, 0.2) is 12.9 Å². The molecule has 0 aliphatic carbocycles. The number of aromatic nitrogens is 2. The van der Waals surface area contributed by atoms with E-state index in [2.05, 4.69) is 26.1 Å². The number of benzene rings is 1. The minimum absolute atomic E-state index is 0.135. The predicted octanol–water partition coefficient (Wildman–Crippen LogP) is 3.95. The van der Waals surface area contributed by atoms with Gasteiger partial charge in [0, 0.05) is 9.85 Å². The molecule has 0 fully saturated rings. The van der Waals surface area contributed by atoms with E-state index in [1.165, 1.54) is 0 Å². The van der Waals surface area contributed by atoms with Gasteiger partial charge < -0.3 is 9.26 Å². The molecule has 0 atom stereocenters. The van der Waals surface area contributed by atoms with Crippen LogP contribution in [0.3, 0.4) is 0 Å². The molecule has 1 aromatic carbocycles. The smallest absolute Gasteiger partial charge is 0.258 e. The summed E-state index contributed by atoms with van der Waals surface area (Å²) in [5, 5.41) is 7.72. The van der Waals surface area contributed by atoms with E-state index in [4.69, 9.17) is 9.26 Å². The van der Waals surface area contributed by atoms with Crippen molar-refractivity contribution in [3.8, 4) is 17.2 Å². The fourth-order valence-corrected chi connectivity index (χ4v) is 2.71. The molecule has 0 amide bonds. The first-order valence-electron chi connectivity index (χ1n) is 5.99. The molecule has 5 nitrogen and oxygen atoms in total. The average molecular weight is 365 g/mol. The summed E-state index contributed by atoms with van der Waals surface area (Å²) in [6.07, 6.45) is 0.743. The summed E-state index contributed by atoms with van der Waals surface area (Å²) in [5.41, 5.74) is 1.35. The topological polar surface area (TPSA) is 65.2 Å².